The number of nitrogens with one attached hydrogen (secondary N) is 2. The van der Waals surface area contributed by atoms with Crippen molar-refractivity contribution in [2.45, 2.75) is 20.3 Å². The van der Waals surface area contributed by atoms with Crippen molar-refractivity contribution in [3.05, 3.63) is 28.8 Å². The summed E-state index contributed by atoms with van der Waals surface area (Å²) in [5.74, 6) is 1.59. The van der Waals surface area contributed by atoms with Crippen LogP contribution in [0.15, 0.2) is 23.2 Å². The molecule has 0 aliphatic heterocycles. The highest BCUT2D eigenvalue weighted by Gasteiger charge is 2.19. The minimum atomic E-state index is 0. The van der Waals surface area contributed by atoms with Crippen LogP contribution in [-0.4, -0.2) is 58.7 Å². The maximum absolute atomic E-state index is 6.27. The molecule has 144 valence electrons. The summed E-state index contributed by atoms with van der Waals surface area (Å²) in [5, 5.41) is 7.46. The van der Waals surface area contributed by atoms with Crippen LogP contribution in [0, 0.1) is 5.41 Å². The lowest BCUT2D eigenvalue weighted by Crippen LogP contribution is -2.45. The monoisotopic (exact) mass is 482 g/mol. The molecule has 5 nitrogen and oxygen atoms in total. The molecule has 25 heavy (non-hydrogen) atoms. The van der Waals surface area contributed by atoms with Gasteiger partial charge in [-0.2, -0.15) is 0 Å². The third kappa shape index (κ3) is 9.51. The van der Waals surface area contributed by atoms with Crippen LogP contribution >= 0.6 is 35.6 Å². The van der Waals surface area contributed by atoms with Gasteiger partial charge in [0.25, 0.3) is 0 Å². The highest BCUT2D eigenvalue weighted by atomic mass is 127. The normalized spacial score (nSPS) is 11.9. The van der Waals surface area contributed by atoms with Gasteiger partial charge in [0.05, 0.1) is 7.11 Å². The van der Waals surface area contributed by atoms with Gasteiger partial charge in [0.2, 0.25) is 0 Å². The van der Waals surface area contributed by atoms with Crippen molar-refractivity contribution in [2.24, 2.45) is 10.4 Å². The molecule has 0 aliphatic rings. The van der Waals surface area contributed by atoms with Gasteiger partial charge in [-0.1, -0.05) is 31.5 Å². The van der Waals surface area contributed by atoms with E-state index in [1.165, 1.54) is 0 Å². The van der Waals surface area contributed by atoms with E-state index >= 15 is 0 Å². The maximum atomic E-state index is 6.27. The smallest absolute Gasteiger partial charge is 0.191 e. The fraction of sp³-hybridized carbons (Fsp3) is 0.611. The fourth-order valence-corrected chi connectivity index (χ4v) is 2.89. The predicted octanol–water partition coefficient (Wildman–Crippen LogP) is 3.26. The molecule has 0 amide bonds. The number of guanidine groups is 1. The van der Waals surface area contributed by atoms with Crippen molar-refractivity contribution in [1.82, 2.24) is 15.5 Å². The first-order valence-electron chi connectivity index (χ1n) is 8.19. The molecule has 0 heterocycles. The topological polar surface area (TPSA) is 48.9 Å². The first-order chi connectivity index (χ1) is 11.3. The molecule has 1 aromatic carbocycles. The second-order valence-electron chi connectivity index (χ2n) is 6.96. The van der Waals surface area contributed by atoms with Crippen molar-refractivity contribution in [1.29, 1.82) is 0 Å². The van der Waals surface area contributed by atoms with E-state index in [0.717, 1.165) is 48.4 Å². The van der Waals surface area contributed by atoms with E-state index in [1.807, 2.05) is 18.2 Å². The van der Waals surface area contributed by atoms with E-state index in [2.05, 4.69) is 48.5 Å². The minimum absolute atomic E-state index is 0. The van der Waals surface area contributed by atoms with Crippen LogP contribution in [0.5, 0.6) is 5.75 Å². The second kappa shape index (κ2) is 11.8. The molecule has 0 spiro atoms. The van der Waals surface area contributed by atoms with Gasteiger partial charge in [-0.15, -0.1) is 24.0 Å². The summed E-state index contributed by atoms with van der Waals surface area (Å²) in [7, 11) is 7.61. The summed E-state index contributed by atoms with van der Waals surface area (Å²) in [6.07, 6.45) is 0.824. The molecule has 0 unspecified atom stereocenters. The van der Waals surface area contributed by atoms with E-state index in [9.17, 15) is 0 Å². The number of halogens is 2. The van der Waals surface area contributed by atoms with Crippen LogP contribution in [-0.2, 0) is 6.42 Å². The Bertz CT molecular complexity index is 550. The molecule has 1 rings (SSSR count). The molecule has 0 bridgehead atoms. The van der Waals surface area contributed by atoms with Gasteiger partial charge in [-0.25, -0.2) is 0 Å². The molecule has 0 radical (unpaired) electrons. The number of aliphatic imine (C=N–C) groups is 1. The van der Waals surface area contributed by atoms with Gasteiger partial charge in [0.1, 0.15) is 5.75 Å². The Hall–Kier alpha value is -0.730. The Balaban J connectivity index is 0.00000576. The number of benzene rings is 1. The lowest BCUT2D eigenvalue weighted by atomic mass is 9.93. The molecule has 0 fully saturated rings. The van der Waals surface area contributed by atoms with E-state index in [4.69, 9.17) is 16.3 Å². The number of methoxy groups -OCH3 is 1. The summed E-state index contributed by atoms with van der Waals surface area (Å²) >= 11 is 6.27. The van der Waals surface area contributed by atoms with Gasteiger partial charge in [-0.05, 0) is 43.6 Å². The Kier molecular flexibility index (Phi) is 11.5. The molecular formula is C18H32ClIN4O. The van der Waals surface area contributed by atoms with Crippen molar-refractivity contribution < 1.29 is 4.74 Å². The van der Waals surface area contributed by atoms with E-state index in [1.54, 1.807) is 14.2 Å². The number of hydrogen-bond acceptors (Lipinski definition) is 3. The van der Waals surface area contributed by atoms with Gasteiger partial charge < -0.3 is 20.3 Å². The van der Waals surface area contributed by atoms with Crippen LogP contribution in [0.1, 0.15) is 19.4 Å². The van der Waals surface area contributed by atoms with Gasteiger partial charge in [0, 0.05) is 31.7 Å². The van der Waals surface area contributed by atoms with Crippen molar-refractivity contribution >= 4 is 41.5 Å². The Labute approximate surface area is 174 Å². The number of rotatable bonds is 8. The first kappa shape index (κ1) is 24.3. The van der Waals surface area contributed by atoms with Gasteiger partial charge in [0.15, 0.2) is 5.96 Å². The Morgan fingerprint density at radius 2 is 1.96 bits per heavy atom. The summed E-state index contributed by atoms with van der Waals surface area (Å²) in [6.45, 7) is 7.11. The number of nitrogens with zero attached hydrogens (tertiary/aromatic N) is 2. The lowest BCUT2D eigenvalue weighted by molar-refractivity contribution is 0.241. The average molecular weight is 483 g/mol. The number of ether oxygens (including phenoxy) is 1. The molecule has 1 aromatic rings. The maximum Gasteiger partial charge on any atom is 0.191 e. The van der Waals surface area contributed by atoms with Crippen LogP contribution in [0.3, 0.4) is 0 Å². The van der Waals surface area contributed by atoms with Crippen LogP contribution in [0.25, 0.3) is 0 Å². The number of hydrogen-bond donors (Lipinski definition) is 2. The van der Waals surface area contributed by atoms with Crippen molar-refractivity contribution in [3.8, 4) is 5.75 Å². The van der Waals surface area contributed by atoms with E-state index < -0.39 is 0 Å². The molecule has 7 heteroatoms. The third-order valence-corrected chi connectivity index (χ3v) is 4.00. The SMILES string of the molecule is CN=C(NCCc1ccc(OC)cc1Cl)NCC(C)(C)CN(C)C.I. The highest BCUT2D eigenvalue weighted by Crippen LogP contribution is 2.22. The highest BCUT2D eigenvalue weighted by molar-refractivity contribution is 14.0. The van der Waals surface area contributed by atoms with E-state index in [0.29, 0.717) is 0 Å². The average Bonchev–Trinajstić information content (AvgIpc) is 2.50. The van der Waals surface area contributed by atoms with Crippen molar-refractivity contribution in [2.75, 3.05) is 47.9 Å². The fourth-order valence-electron chi connectivity index (χ4n) is 2.63. The summed E-state index contributed by atoms with van der Waals surface area (Å²) in [4.78, 5) is 6.48. The summed E-state index contributed by atoms with van der Waals surface area (Å²) in [6, 6.07) is 5.77. The molecule has 0 aliphatic carbocycles. The van der Waals surface area contributed by atoms with Crippen LogP contribution in [0.4, 0.5) is 0 Å². The predicted molar refractivity (Wildman–Crippen MR) is 119 cm³/mol. The standard InChI is InChI=1S/C18H31ClN4O.HI/c1-18(2,13-23(4)5)12-22-17(20-3)21-10-9-14-7-8-15(24-6)11-16(14)19;/h7-8,11H,9-10,12-13H2,1-6H3,(H2,20,21,22);1H. The summed E-state index contributed by atoms with van der Waals surface area (Å²) < 4.78 is 5.17. The summed E-state index contributed by atoms with van der Waals surface area (Å²) in [5.41, 5.74) is 1.26. The zero-order valence-corrected chi connectivity index (χ0v) is 19.2. The molecular weight excluding hydrogens is 451 g/mol. The largest absolute Gasteiger partial charge is 0.497 e. The molecule has 0 saturated carbocycles. The molecule has 0 aromatic heterocycles. The molecule has 0 atom stereocenters. The first-order valence-corrected chi connectivity index (χ1v) is 8.57. The zero-order chi connectivity index (χ0) is 18.2. The van der Waals surface area contributed by atoms with Gasteiger partial charge in [-0.3, -0.25) is 4.99 Å². The van der Waals surface area contributed by atoms with E-state index in [-0.39, 0.29) is 29.4 Å². The van der Waals surface area contributed by atoms with Crippen LogP contribution < -0.4 is 15.4 Å². The quantitative estimate of drug-likeness (QED) is 0.339. The van der Waals surface area contributed by atoms with Crippen LogP contribution in [0.2, 0.25) is 5.02 Å². The molecule has 2 N–H and O–H groups in total. The second-order valence-corrected chi connectivity index (χ2v) is 7.37. The Morgan fingerprint density at radius 1 is 1.28 bits per heavy atom. The lowest BCUT2D eigenvalue weighted by Gasteiger charge is -2.29. The zero-order valence-electron chi connectivity index (χ0n) is 16.1. The van der Waals surface area contributed by atoms with Gasteiger partial charge >= 0.3 is 0 Å². The third-order valence-electron chi connectivity index (χ3n) is 3.65. The Morgan fingerprint density at radius 3 is 2.48 bits per heavy atom. The minimum Gasteiger partial charge on any atom is -0.497 e. The van der Waals surface area contributed by atoms with Crippen molar-refractivity contribution in [3.63, 3.8) is 0 Å². The molecule has 0 saturated heterocycles.